The maximum Gasteiger partial charge on any atom is 0.248 e. The number of amides is 1. The number of rotatable bonds is 4. The Morgan fingerprint density at radius 1 is 1.04 bits per heavy atom. The molecule has 0 saturated carbocycles. The zero-order chi connectivity index (χ0) is 18.6. The molecular formula is C20H22N2O3S. The van der Waals surface area contributed by atoms with Crippen LogP contribution in [0.4, 0.5) is 11.4 Å². The quantitative estimate of drug-likeness (QED) is 0.835. The fraction of sp³-hybridized carbons (Fsp3) is 0.250. The van der Waals surface area contributed by atoms with Crippen molar-refractivity contribution in [3.05, 3.63) is 66.2 Å². The van der Waals surface area contributed by atoms with Gasteiger partial charge in [-0.3, -0.25) is 9.10 Å². The van der Waals surface area contributed by atoms with Crippen molar-refractivity contribution in [3.63, 3.8) is 0 Å². The minimum Gasteiger partial charge on any atom is -0.323 e. The molecule has 0 spiro atoms. The van der Waals surface area contributed by atoms with E-state index in [1.807, 2.05) is 37.3 Å². The number of carbonyl (C=O) groups is 1. The first kappa shape index (κ1) is 18.2. The minimum absolute atomic E-state index is 0.190. The van der Waals surface area contributed by atoms with Gasteiger partial charge in [0.05, 0.1) is 11.4 Å². The molecule has 5 nitrogen and oxygen atoms in total. The number of allylic oxidation sites excluding steroid dienone is 1. The van der Waals surface area contributed by atoms with Crippen LogP contribution >= 0.6 is 0 Å². The summed E-state index contributed by atoms with van der Waals surface area (Å²) in [7, 11) is -3.22. The van der Waals surface area contributed by atoms with Crippen molar-refractivity contribution in [3.8, 4) is 0 Å². The second kappa shape index (κ2) is 7.74. The molecule has 1 saturated heterocycles. The molecule has 6 heteroatoms. The fourth-order valence-corrected chi connectivity index (χ4v) is 4.59. The Kier molecular flexibility index (Phi) is 5.42. The highest BCUT2D eigenvalue weighted by Gasteiger charge is 2.25. The van der Waals surface area contributed by atoms with Crippen LogP contribution in [-0.4, -0.2) is 26.6 Å². The number of benzene rings is 2. The lowest BCUT2D eigenvalue weighted by molar-refractivity contribution is -0.111. The zero-order valence-electron chi connectivity index (χ0n) is 14.7. The van der Waals surface area contributed by atoms with Crippen molar-refractivity contribution in [1.82, 2.24) is 0 Å². The van der Waals surface area contributed by atoms with Crippen molar-refractivity contribution in [2.75, 3.05) is 21.9 Å². The molecule has 1 fully saturated rings. The molecule has 1 aliphatic heterocycles. The molecule has 0 aromatic heterocycles. The lowest BCUT2D eigenvalue weighted by Crippen LogP contribution is -2.37. The summed E-state index contributed by atoms with van der Waals surface area (Å²) >= 11 is 0. The van der Waals surface area contributed by atoms with Crippen LogP contribution in [0.2, 0.25) is 0 Å². The maximum atomic E-state index is 12.2. The highest BCUT2D eigenvalue weighted by molar-refractivity contribution is 7.92. The van der Waals surface area contributed by atoms with Gasteiger partial charge < -0.3 is 5.32 Å². The normalized spacial score (nSPS) is 17.0. The van der Waals surface area contributed by atoms with Crippen LogP contribution in [0.3, 0.4) is 0 Å². The standard InChI is InChI=1S/C20H22N2O3S/c1-16(17-7-3-2-4-8-17)15-20(23)21-18-9-11-19(12-10-18)22-13-5-6-14-26(22,24)25/h2-4,7-12,15H,5-6,13-14H2,1H3,(H,21,23)/b16-15+. The Morgan fingerprint density at radius 3 is 2.38 bits per heavy atom. The average molecular weight is 370 g/mol. The van der Waals surface area contributed by atoms with Crippen LogP contribution in [0.5, 0.6) is 0 Å². The Labute approximate surface area is 154 Å². The van der Waals surface area contributed by atoms with Crippen LogP contribution in [0, 0.1) is 0 Å². The van der Waals surface area contributed by atoms with Crippen molar-refractivity contribution in [1.29, 1.82) is 0 Å². The summed E-state index contributed by atoms with van der Waals surface area (Å²) in [6, 6.07) is 16.6. The average Bonchev–Trinajstić information content (AvgIpc) is 2.63. The van der Waals surface area contributed by atoms with Crippen LogP contribution in [-0.2, 0) is 14.8 Å². The second-order valence-corrected chi connectivity index (χ2v) is 8.34. The molecule has 136 valence electrons. The van der Waals surface area contributed by atoms with Gasteiger partial charge in [0, 0.05) is 18.3 Å². The summed E-state index contributed by atoms with van der Waals surface area (Å²) in [4.78, 5) is 12.2. The molecule has 0 unspecified atom stereocenters. The molecule has 26 heavy (non-hydrogen) atoms. The molecule has 0 radical (unpaired) electrons. The number of nitrogens with zero attached hydrogens (tertiary/aromatic N) is 1. The minimum atomic E-state index is -3.22. The van der Waals surface area contributed by atoms with Gasteiger partial charge in [0.15, 0.2) is 0 Å². The first-order valence-electron chi connectivity index (χ1n) is 8.61. The monoisotopic (exact) mass is 370 g/mol. The third-order valence-electron chi connectivity index (χ3n) is 4.35. The van der Waals surface area contributed by atoms with E-state index in [0.29, 0.717) is 24.3 Å². The third kappa shape index (κ3) is 4.32. The smallest absolute Gasteiger partial charge is 0.248 e. The van der Waals surface area contributed by atoms with Crippen molar-refractivity contribution in [2.45, 2.75) is 19.8 Å². The van der Waals surface area contributed by atoms with E-state index < -0.39 is 10.0 Å². The van der Waals surface area contributed by atoms with Gasteiger partial charge in [-0.2, -0.15) is 0 Å². The number of nitrogens with one attached hydrogen (secondary N) is 1. The third-order valence-corrected chi connectivity index (χ3v) is 6.22. The molecule has 1 N–H and O–H groups in total. The predicted octanol–water partition coefficient (Wildman–Crippen LogP) is 3.66. The Hall–Kier alpha value is -2.60. The molecule has 2 aromatic carbocycles. The van der Waals surface area contributed by atoms with E-state index in [0.717, 1.165) is 17.6 Å². The van der Waals surface area contributed by atoms with Gasteiger partial charge in [-0.25, -0.2) is 8.42 Å². The Morgan fingerprint density at radius 2 is 1.73 bits per heavy atom. The summed E-state index contributed by atoms with van der Waals surface area (Å²) in [5.41, 5.74) is 3.14. The van der Waals surface area contributed by atoms with Crippen molar-refractivity contribution < 1.29 is 13.2 Å². The van der Waals surface area contributed by atoms with E-state index in [9.17, 15) is 13.2 Å². The van der Waals surface area contributed by atoms with E-state index in [4.69, 9.17) is 0 Å². The first-order valence-corrected chi connectivity index (χ1v) is 10.2. The van der Waals surface area contributed by atoms with Crippen LogP contribution in [0.25, 0.3) is 5.57 Å². The summed E-state index contributed by atoms with van der Waals surface area (Å²) in [6.45, 7) is 2.40. The molecular weight excluding hydrogens is 348 g/mol. The van der Waals surface area contributed by atoms with Gasteiger partial charge >= 0.3 is 0 Å². The molecule has 0 bridgehead atoms. The molecule has 3 rings (SSSR count). The van der Waals surface area contributed by atoms with Crippen molar-refractivity contribution >= 4 is 32.9 Å². The summed E-state index contributed by atoms with van der Waals surface area (Å²) in [6.07, 6.45) is 3.12. The van der Waals surface area contributed by atoms with Crippen molar-refractivity contribution in [2.24, 2.45) is 0 Å². The number of hydrogen-bond donors (Lipinski definition) is 1. The summed E-state index contributed by atoms with van der Waals surface area (Å²) < 4.78 is 25.7. The topological polar surface area (TPSA) is 66.5 Å². The van der Waals surface area contributed by atoms with E-state index >= 15 is 0 Å². The molecule has 1 aliphatic rings. The Bertz CT molecular complexity index is 904. The molecule has 0 aliphatic carbocycles. The first-order chi connectivity index (χ1) is 12.5. The van der Waals surface area contributed by atoms with Gasteiger partial charge in [0.2, 0.25) is 15.9 Å². The van der Waals surface area contributed by atoms with Crippen LogP contribution in [0.1, 0.15) is 25.3 Å². The lowest BCUT2D eigenvalue weighted by atomic mass is 10.1. The van der Waals surface area contributed by atoms with E-state index in [1.165, 1.54) is 4.31 Å². The molecule has 1 heterocycles. The number of sulfonamides is 1. The zero-order valence-corrected chi connectivity index (χ0v) is 15.5. The SMILES string of the molecule is C/C(=C\C(=O)Nc1ccc(N2CCCCS2(=O)=O)cc1)c1ccccc1. The molecule has 1 amide bonds. The maximum absolute atomic E-state index is 12.2. The lowest BCUT2D eigenvalue weighted by Gasteiger charge is -2.28. The number of hydrogen-bond acceptors (Lipinski definition) is 3. The molecule has 2 aromatic rings. The summed E-state index contributed by atoms with van der Waals surface area (Å²) in [5, 5.41) is 2.81. The largest absolute Gasteiger partial charge is 0.323 e. The van der Waals surface area contributed by atoms with Gasteiger partial charge in [-0.1, -0.05) is 30.3 Å². The highest BCUT2D eigenvalue weighted by atomic mass is 32.2. The summed E-state index contributed by atoms with van der Waals surface area (Å²) in [5.74, 6) is -0.0283. The predicted molar refractivity (Wildman–Crippen MR) is 106 cm³/mol. The Balaban J connectivity index is 1.68. The van der Waals surface area contributed by atoms with E-state index in [-0.39, 0.29) is 11.7 Å². The van der Waals surface area contributed by atoms with Gasteiger partial charge in [0.1, 0.15) is 0 Å². The number of anilines is 2. The fourth-order valence-electron chi connectivity index (χ4n) is 2.95. The number of carbonyl (C=O) groups excluding carboxylic acids is 1. The molecule has 0 atom stereocenters. The van der Waals surface area contributed by atoms with Gasteiger partial charge in [-0.05, 0) is 55.2 Å². The van der Waals surface area contributed by atoms with Crippen LogP contribution < -0.4 is 9.62 Å². The van der Waals surface area contributed by atoms with Gasteiger partial charge in [0.25, 0.3) is 0 Å². The second-order valence-electron chi connectivity index (χ2n) is 6.32. The van der Waals surface area contributed by atoms with E-state index in [2.05, 4.69) is 5.32 Å². The van der Waals surface area contributed by atoms with Gasteiger partial charge in [-0.15, -0.1) is 0 Å². The van der Waals surface area contributed by atoms with E-state index in [1.54, 1.807) is 30.3 Å². The highest BCUT2D eigenvalue weighted by Crippen LogP contribution is 2.25. The van der Waals surface area contributed by atoms with Crippen LogP contribution in [0.15, 0.2) is 60.7 Å².